The number of halogens is 1. The minimum Gasteiger partial charge on any atom is -0.489 e. The number of aromatic nitrogens is 4. The Hall–Kier alpha value is -3.12. The van der Waals surface area contributed by atoms with Gasteiger partial charge in [-0.25, -0.2) is 9.67 Å². The van der Waals surface area contributed by atoms with Gasteiger partial charge in [-0.1, -0.05) is 54.1 Å². The Morgan fingerprint density at radius 1 is 1.00 bits per heavy atom. The summed E-state index contributed by atoms with van der Waals surface area (Å²) in [6.07, 6.45) is 1.65. The number of fused-ring (bicyclic) bond motifs is 1. The maximum Gasteiger partial charge on any atom is 0.223 e. The van der Waals surface area contributed by atoms with Crippen LogP contribution >= 0.6 is 11.6 Å². The van der Waals surface area contributed by atoms with Crippen molar-refractivity contribution < 1.29 is 4.74 Å². The van der Waals surface area contributed by atoms with Crippen LogP contribution in [0.15, 0.2) is 60.8 Å². The van der Waals surface area contributed by atoms with Crippen LogP contribution in [0, 0.1) is 0 Å². The van der Waals surface area contributed by atoms with Gasteiger partial charge in [0.2, 0.25) is 5.95 Å². The normalized spacial score (nSPS) is 11.0. The molecule has 0 amide bonds. The van der Waals surface area contributed by atoms with Crippen molar-refractivity contribution in [2.75, 3.05) is 5.73 Å². The average Bonchev–Trinajstić information content (AvgIpc) is 3.04. The van der Waals surface area contributed by atoms with Gasteiger partial charge in [0.25, 0.3) is 0 Å². The first-order chi connectivity index (χ1) is 12.7. The maximum atomic E-state index is 6.10. The van der Waals surface area contributed by atoms with Crippen molar-refractivity contribution in [3.8, 4) is 5.75 Å². The zero-order valence-electron chi connectivity index (χ0n) is 13.8. The molecule has 4 rings (SSSR count). The molecule has 0 aliphatic heterocycles. The van der Waals surface area contributed by atoms with Gasteiger partial charge in [-0.15, -0.1) is 0 Å². The van der Waals surface area contributed by atoms with Crippen LogP contribution in [0.5, 0.6) is 5.75 Å². The van der Waals surface area contributed by atoms with Crippen molar-refractivity contribution in [2.24, 2.45) is 0 Å². The first kappa shape index (κ1) is 16.4. The fourth-order valence-electron chi connectivity index (χ4n) is 2.70. The third kappa shape index (κ3) is 3.45. The molecule has 4 aromatic rings. The fraction of sp³-hybridized carbons (Fsp3) is 0.105. The molecule has 0 unspecified atom stereocenters. The molecular formula is C19H16ClN5O. The lowest BCUT2D eigenvalue weighted by Gasteiger charge is -2.09. The average molecular weight is 366 g/mol. The third-order valence-electron chi connectivity index (χ3n) is 3.95. The molecule has 0 saturated heterocycles. The van der Waals surface area contributed by atoms with E-state index in [-0.39, 0.29) is 5.95 Å². The Kier molecular flexibility index (Phi) is 4.41. The Bertz CT molecular complexity index is 1050. The number of nitrogens with two attached hydrogens (primary N) is 1. The van der Waals surface area contributed by atoms with E-state index in [4.69, 9.17) is 22.1 Å². The summed E-state index contributed by atoms with van der Waals surface area (Å²) in [6, 6.07) is 17.9. The van der Waals surface area contributed by atoms with Crippen LogP contribution in [0.2, 0.25) is 5.15 Å². The number of nitrogen functional groups attached to an aromatic ring is 1. The predicted molar refractivity (Wildman–Crippen MR) is 101 cm³/mol. The quantitative estimate of drug-likeness (QED) is 0.546. The van der Waals surface area contributed by atoms with Crippen molar-refractivity contribution >= 4 is 28.6 Å². The van der Waals surface area contributed by atoms with Crippen molar-refractivity contribution in [1.29, 1.82) is 0 Å². The van der Waals surface area contributed by atoms with Crippen molar-refractivity contribution in [1.82, 2.24) is 19.7 Å². The second-order valence-electron chi connectivity index (χ2n) is 5.83. The molecular weight excluding hydrogens is 350 g/mol. The molecule has 0 radical (unpaired) electrons. The summed E-state index contributed by atoms with van der Waals surface area (Å²) in [6.45, 7) is 1.05. The zero-order valence-corrected chi connectivity index (χ0v) is 14.6. The largest absolute Gasteiger partial charge is 0.489 e. The van der Waals surface area contributed by atoms with E-state index in [1.807, 2.05) is 54.6 Å². The lowest BCUT2D eigenvalue weighted by molar-refractivity contribution is 0.306. The Morgan fingerprint density at radius 3 is 2.65 bits per heavy atom. The van der Waals surface area contributed by atoms with Crippen LogP contribution in [-0.2, 0) is 13.2 Å². The Morgan fingerprint density at radius 2 is 1.81 bits per heavy atom. The number of rotatable bonds is 5. The standard InChI is InChI=1S/C19H16ClN5O/c20-17-16-10-22-25(18(16)24-19(21)23-17)11-14-7-4-8-15(9-14)26-12-13-5-2-1-3-6-13/h1-10H,11-12H2,(H2,21,23,24). The highest BCUT2D eigenvalue weighted by molar-refractivity contribution is 6.34. The van der Waals surface area contributed by atoms with Crippen LogP contribution in [-0.4, -0.2) is 19.7 Å². The third-order valence-corrected chi connectivity index (χ3v) is 4.23. The lowest BCUT2D eigenvalue weighted by Crippen LogP contribution is -2.05. The van der Waals surface area contributed by atoms with E-state index in [0.29, 0.717) is 29.3 Å². The molecule has 2 aromatic heterocycles. The molecule has 6 nitrogen and oxygen atoms in total. The molecule has 0 spiro atoms. The van der Waals surface area contributed by atoms with Crippen molar-refractivity contribution in [3.63, 3.8) is 0 Å². The zero-order chi connectivity index (χ0) is 17.9. The smallest absolute Gasteiger partial charge is 0.223 e. The summed E-state index contributed by atoms with van der Waals surface area (Å²) >= 11 is 6.10. The predicted octanol–water partition coefficient (Wildman–Crippen LogP) is 3.69. The van der Waals surface area contributed by atoms with E-state index in [0.717, 1.165) is 16.9 Å². The van der Waals surface area contributed by atoms with Crippen molar-refractivity contribution in [3.05, 3.63) is 77.1 Å². The van der Waals surface area contributed by atoms with Crippen LogP contribution in [0.1, 0.15) is 11.1 Å². The van der Waals surface area contributed by atoms with E-state index < -0.39 is 0 Å². The number of anilines is 1. The number of hydrogen-bond acceptors (Lipinski definition) is 5. The molecule has 130 valence electrons. The van der Waals surface area contributed by atoms with Gasteiger partial charge in [-0.2, -0.15) is 10.1 Å². The van der Waals surface area contributed by atoms with Crippen molar-refractivity contribution in [2.45, 2.75) is 13.2 Å². The molecule has 26 heavy (non-hydrogen) atoms. The molecule has 2 heterocycles. The molecule has 7 heteroatoms. The highest BCUT2D eigenvalue weighted by Crippen LogP contribution is 2.22. The van der Waals surface area contributed by atoms with Gasteiger partial charge in [0.05, 0.1) is 18.1 Å². The first-order valence-electron chi connectivity index (χ1n) is 8.09. The van der Waals surface area contributed by atoms with E-state index in [1.54, 1.807) is 10.9 Å². The summed E-state index contributed by atoms with van der Waals surface area (Å²) in [5.74, 6) is 0.930. The van der Waals surface area contributed by atoms with Gasteiger partial charge in [0.1, 0.15) is 17.5 Å². The summed E-state index contributed by atoms with van der Waals surface area (Å²) in [4.78, 5) is 8.19. The Labute approximate surface area is 155 Å². The van der Waals surface area contributed by atoms with Crippen LogP contribution < -0.4 is 10.5 Å². The number of nitrogens with zero attached hydrogens (tertiary/aromatic N) is 4. The second-order valence-corrected chi connectivity index (χ2v) is 6.19. The number of hydrogen-bond donors (Lipinski definition) is 1. The monoisotopic (exact) mass is 365 g/mol. The molecule has 0 atom stereocenters. The topological polar surface area (TPSA) is 78.8 Å². The lowest BCUT2D eigenvalue weighted by atomic mass is 10.2. The van der Waals surface area contributed by atoms with Crippen LogP contribution in [0.3, 0.4) is 0 Å². The molecule has 0 saturated carbocycles. The minimum absolute atomic E-state index is 0.129. The molecule has 0 fully saturated rings. The summed E-state index contributed by atoms with van der Waals surface area (Å²) in [5, 5.41) is 5.33. The van der Waals surface area contributed by atoms with Crippen LogP contribution in [0.4, 0.5) is 5.95 Å². The van der Waals surface area contributed by atoms with E-state index in [1.165, 1.54) is 0 Å². The fourth-order valence-corrected chi connectivity index (χ4v) is 2.92. The molecule has 0 bridgehead atoms. The highest BCUT2D eigenvalue weighted by Gasteiger charge is 2.11. The minimum atomic E-state index is 0.129. The summed E-state index contributed by atoms with van der Waals surface area (Å²) in [7, 11) is 0. The van der Waals surface area contributed by atoms with E-state index >= 15 is 0 Å². The van der Waals surface area contributed by atoms with E-state index in [2.05, 4.69) is 15.1 Å². The molecule has 2 aromatic carbocycles. The molecule has 0 aliphatic rings. The van der Waals surface area contributed by atoms with Gasteiger partial charge in [0.15, 0.2) is 5.65 Å². The summed E-state index contributed by atoms with van der Waals surface area (Å²) < 4.78 is 7.63. The first-order valence-corrected chi connectivity index (χ1v) is 8.47. The van der Waals surface area contributed by atoms with Crippen LogP contribution in [0.25, 0.3) is 11.0 Å². The highest BCUT2D eigenvalue weighted by atomic mass is 35.5. The molecule has 0 aliphatic carbocycles. The van der Waals surface area contributed by atoms with Gasteiger partial charge in [-0.3, -0.25) is 0 Å². The Balaban J connectivity index is 1.54. The van der Waals surface area contributed by atoms with Gasteiger partial charge >= 0.3 is 0 Å². The second kappa shape index (κ2) is 7.01. The maximum absolute atomic E-state index is 6.10. The van der Waals surface area contributed by atoms with Gasteiger partial charge in [-0.05, 0) is 23.3 Å². The van der Waals surface area contributed by atoms with E-state index in [9.17, 15) is 0 Å². The van der Waals surface area contributed by atoms with Gasteiger partial charge < -0.3 is 10.5 Å². The molecule has 2 N–H and O–H groups in total. The number of ether oxygens (including phenoxy) is 1. The number of benzene rings is 2. The summed E-state index contributed by atoms with van der Waals surface area (Å²) in [5.41, 5.74) is 8.47. The van der Waals surface area contributed by atoms with Gasteiger partial charge in [0, 0.05) is 0 Å². The SMILES string of the molecule is Nc1nc(Cl)c2cnn(Cc3cccc(OCc4ccccc4)c3)c2n1.